The summed E-state index contributed by atoms with van der Waals surface area (Å²) in [5, 5.41) is 6.12. The van der Waals surface area contributed by atoms with Gasteiger partial charge in [0.15, 0.2) is 0 Å². The standard InChI is InChI=1S/C20H24N4O/c25-20(24-13-17-9-5-2-6-10-17)18-14-23-19(15-22-18)21-12-11-16-7-3-1-4-8-16/h2,5-7,9-10,14-15H,1,3-4,8,11-13H2,(H,21,23)(H,24,25). The van der Waals surface area contributed by atoms with Crippen molar-refractivity contribution >= 4 is 11.7 Å². The highest BCUT2D eigenvalue weighted by Gasteiger charge is 2.08. The summed E-state index contributed by atoms with van der Waals surface area (Å²) in [5.41, 5.74) is 2.92. The average Bonchev–Trinajstić information content (AvgIpc) is 2.68. The van der Waals surface area contributed by atoms with Crippen molar-refractivity contribution in [2.24, 2.45) is 0 Å². The number of hydrogen-bond acceptors (Lipinski definition) is 4. The van der Waals surface area contributed by atoms with Crippen LogP contribution >= 0.6 is 0 Å². The molecule has 0 aliphatic heterocycles. The Morgan fingerprint density at radius 2 is 1.96 bits per heavy atom. The van der Waals surface area contributed by atoms with Crippen molar-refractivity contribution in [1.29, 1.82) is 0 Å². The van der Waals surface area contributed by atoms with E-state index < -0.39 is 0 Å². The molecule has 0 atom stereocenters. The minimum Gasteiger partial charge on any atom is -0.368 e. The molecule has 3 rings (SSSR count). The first kappa shape index (κ1) is 17.1. The summed E-state index contributed by atoms with van der Waals surface area (Å²) in [6.07, 6.45) is 11.6. The number of nitrogens with zero attached hydrogens (tertiary/aromatic N) is 2. The molecular weight excluding hydrogens is 312 g/mol. The van der Waals surface area contributed by atoms with Gasteiger partial charge in [0, 0.05) is 13.1 Å². The third-order valence-corrected chi connectivity index (χ3v) is 4.32. The van der Waals surface area contributed by atoms with Crippen LogP contribution in [0.3, 0.4) is 0 Å². The summed E-state index contributed by atoms with van der Waals surface area (Å²) in [4.78, 5) is 20.6. The minimum atomic E-state index is -0.213. The van der Waals surface area contributed by atoms with Gasteiger partial charge >= 0.3 is 0 Å². The molecule has 130 valence electrons. The van der Waals surface area contributed by atoms with E-state index in [9.17, 15) is 4.79 Å². The first-order valence-corrected chi connectivity index (χ1v) is 8.87. The molecule has 1 aromatic carbocycles. The lowest BCUT2D eigenvalue weighted by molar-refractivity contribution is 0.0945. The van der Waals surface area contributed by atoms with Gasteiger partial charge in [0.1, 0.15) is 11.5 Å². The van der Waals surface area contributed by atoms with Gasteiger partial charge in [-0.3, -0.25) is 4.79 Å². The summed E-state index contributed by atoms with van der Waals surface area (Å²) in [5.74, 6) is 0.492. The summed E-state index contributed by atoms with van der Waals surface area (Å²) in [6, 6.07) is 9.80. The highest BCUT2D eigenvalue weighted by molar-refractivity contribution is 5.91. The zero-order valence-electron chi connectivity index (χ0n) is 14.4. The maximum absolute atomic E-state index is 12.1. The average molecular weight is 336 g/mol. The number of amides is 1. The van der Waals surface area contributed by atoms with Crippen molar-refractivity contribution in [2.45, 2.75) is 38.6 Å². The van der Waals surface area contributed by atoms with Crippen molar-refractivity contribution < 1.29 is 4.79 Å². The van der Waals surface area contributed by atoms with Crippen LogP contribution in [-0.2, 0) is 6.54 Å². The molecule has 1 aliphatic carbocycles. The number of allylic oxidation sites excluding steroid dienone is 1. The van der Waals surface area contributed by atoms with Gasteiger partial charge in [0.25, 0.3) is 5.91 Å². The van der Waals surface area contributed by atoms with Crippen molar-refractivity contribution in [3.63, 3.8) is 0 Å². The number of aromatic nitrogens is 2. The number of rotatable bonds is 7. The van der Waals surface area contributed by atoms with E-state index >= 15 is 0 Å². The lowest BCUT2D eigenvalue weighted by Crippen LogP contribution is -2.24. The van der Waals surface area contributed by atoms with Gasteiger partial charge < -0.3 is 10.6 Å². The van der Waals surface area contributed by atoms with Gasteiger partial charge in [-0.2, -0.15) is 0 Å². The van der Waals surface area contributed by atoms with Crippen LogP contribution in [0.15, 0.2) is 54.4 Å². The maximum atomic E-state index is 12.1. The van der Waals surface area contributed by atoms with Gasteiger partial charge in [-0.05, 0) is 37.7 Å². The molecule has 0 unspecified atom stereocenters. The van der Waals surface area contributed by atoms with E-state index in [1.807, 2.05) is 30.3 Å². The van der Waals surface area contributed by atoms with Gasteiger partial charge in [0.05, 0.1) is 12.4 Å². The first-order valence-electron chi connectivity index (χ1n) is 8.87. The lowest BCUT2D eigenvalue weighted by atomic mass is 9.97. The number of carbonyl (C=O) groups is 1. The quantitative estimate of drug-likeness (QED) is 0.757. The molecule has 1 aliphatic rings. The zero-order valence-corrected chi connectivity index (χ0v) is 14.4. The zero-order chi connectivity index (χ0) is 17.3. The molecular formula is C20H24N4O. The Bertz CT molecular complexity index is 710. The fourth-order valence-corrected chi connectivity index (χ4v) is 2.89. The molecule has 0 saturated heterocycles. The molecule has 0 saturated carbocycles. The van der Waals surface area contributed by atoms with Crippen molar-refractivity contribution in [3.05, 3.63) is 65.6 Å². The van der Waals surface area contributed by atoms with Crippen LogP contribution in [0.5, 0.6) is 0 Å². The van der Waals surface area contributed by atoms with Crippen LogP contribution in [0.2, 0.25) is 0 Å². The number of benzene rings is 1. The van der Waals surface area contributed by atoms with E-state index in [0.29, 0.717) is 18.1 Å². The molecule has 1 aromatic heterocycles. The molecule has 2 aromatic rings. The molecule has 0 spiro atoms. The molecule has 25 heavy (non-hydrogen) atoms. The summed E-state index contributed by atoms with van der Waals surface area (Å²) < 4.78 is 0. The second-order valence-corrected chi connectivity index (χ2v) is 6.24. The SMILES string of the molecule is O=C(NCc1ccccc1)c1cnc(NCCC2=CCCCC2)cn1. The van der Waals surface area contributed by atoms with Crippen LogP contribution < -0.4 is 10.6 Å². The predicted molar refractivity (Wildman–Crippen MR) is 99.3 cm³/mol. The number of carbonyl (C=O) groups excluding carboxylic acids is 1. The number of anilines is 1. The highest BCUT2D eigenvalue weighted by atomic mass is 16.1. The third-order valence-electron chi connectivity index (χ3n) is 4.32. The van der Waals surface area contributed by atoms with Crippen LogP contribution in [0.1, 0.15) is 48.2 Å². The van der Waals surface area contributed by atoms with Crippen LogP contribution in [0.25, 0.3) is 0 Å². The molecule has 5 heteroatoms. The molecule has 1 heterocycles. The number of nitrogens with one attached hydrogen (secondary N) is 2. The molecule has 1 amide bonds. The Hall–Kier alpha value is -2.69. The fourth-order valence-electron chi connectivity index (χ4n) is 2.89. The van der Waals surface area contributed by atoms with E-state index in [2.05, 4.69) is 26.7 Å². The van der Waals surface area contributed by atoms with Crippen molar-refractivity contribution in [3.8, 4) is 0 Å². The molecule has 0 radical (unpaired) electrons. The monoisotopic (exact) mass is 336 g/mol. The Morgan fingerprint density at radius 3 is 2.68 bits per heavy atom. The maximum Gasteiger partial charge on any atom is 0.271 e. The molecule has 2 N–H and O–H groups in total. The second-order valence-electron chi connectivity index (χ2n) is 6.24. The summed E-state index contributed by atoms with van der Waals surface area (Å²) in [7, 11) is 0. The topological polar surface area (TPSA) is 66.9 Å². The van der Waals surface area contributed by atoms with Crippen LogP contribution in [-0.4, -0.2) is 22.4 Å². The largest absolute Gasteiger partial charge is 0.368 e. The van der Waals surface area contributed by atoms with Crippen molar-refractivity contribution in [2.75, 3.05) is 11.9 Å². The van der Waals surface area contributed by atoms with Gasteiger partial charge in [-0.15, -0.1) is 0 Å². The van der Waals surface area contributed by atoms with Gasteiger partial charge in [-0.25, -0.2) is 9.97 Å². The highest BCUT2D eigenvalue weighted by Crippen LogP contribution is 2.19. The predicted octanol–water partition coefficient (Wildman–Crippen LogP) is 3.71. The summed E-state index contributed by atoms with van der Waals surface area (Å²) >= 11 is 0. The van der Waals surface area contributed by atoms with Crippen molar-refractivity contribution in [1.82, 2.24) is 15.3 Å². The van der Waals surface area contributed by atoms with Gasteiger partial charge in [0.2, 0.25) is 0 Å². The summed E-state index contributed by atoms with van der Waals surface area (Å²) in [6.45, 7) is 1.33. The Morgan fingerprint density at radius 1 is 1.08 bits per heavy atom. The normalized spacial score (nSPS) is 13.8. The fraction of sp³-hybridized carbons (Fsp3) is 0.350. The Balaban J connectivity index is 1.44. The van der Waals surface area contributed by atoms with Gasteiger partial charge in [-0.1, -0.05) is 42.0 Å². The van der Waals surface area contributed by atoms with E-state index in [-0.39, 0.29) is 5.91 Å². The lowest BCUT2D eigenvalue weighted by Gasteiger charge is -2.13. The first-order chi connectivity index (χ1) is 12.3. The second kappa shape index (κ2) is 8.97. The van der Waals surface area contributed by atoms with E-state index in [1.54, 1.807) is 6.20 Å². The third kappa shape index (κ3) is 5.41. The van der Waals surface area contributed by atoms with E-state index in [1.165, 1.54) is 37.5 Å². The molecule has 0 fully saturated rings. The van der Waals surface area contributed by atoms with Crippen LogP contribution in [0.4, 0.5) is 5.82 Å². The van der Waals surface area contributed by atoms with Crippen LogP contribution in [0, 0.1) is 0 Å². The Kier molecular flexibility index (Phi) is 6.15. The molecule has 5 nitrogen and oxygen atoms in total. The van der Waals surface area contributed by atoms with E-state index in [4.69, 9.17) is 0 Å². The number of hydrogen-bond donors (Lipinski definition) is 2. The molecule has 0 bridgehead atoms. The van der Waals surface area contributed by atoms with E-state index in [0.717, 1.165) is 18.5 Å². The smallest absolute Gasteiger partial charge is 0.271 e. The Labute approximate surface area is 148 Å². The minimum absolute atomic E-state index is 0.213.